The molecule has 0 amide bonds. The second-order valence-electron chi connectivity index (χ2n) is 5.08. The van der Waals surface area contributed by atoms with Crippen LogP contribution in [0.3, 0.4) is 0 Å². The van der Waals surface area contributed by atoms with Crippen molar-refractivity contribution < 1.29 is 0 Å². The number of aromatic nitrogens is 2. The molecule has 5 heteroatoms. The molecule has 2 aromatic rings. The molecule has 1 fully saturated rings. The molecule has 1 aliphatic carbocycles. The van der Waals surface area contributed by atoms with Gasteiger partial charge in [0.15, 0.2) is 0 Å². The van der Waals surface area contributed by atoms with Crippen molar-refractivity contribution in [1.29, 1.82) is 0 Å². The van der Waals surface area contributed by atoms with E-state index in [2.05, 4.69) is 39.0 Å². The number of hydrogen-bond acceptors (Lipinski definition) is 5. The number of nitrogens with zero attached hydrogens (tertiary/aromatic N) is 2. The molecule has 2 aromatic heterocycles. The molecule has 0 radical (unpaired) electrons. The lowest BCUT2D eigenvalue weighted by Crippen LogP contribution is -2.16. The van der Waals surface area contributed by atoms with Crippen molar-refractivity contribution in [1.82, 2.24) is 9.97 Å². The fraction of sp³-hybridized carbons (Fsp3) is 0.571. The Labute approximate surface area is 117 Å². The number of thiophene rings is 1. The van der Waals surface area contributed by atoms with Gasteiger partial charge in [-0.15, -0.1) is 11.3 Å². The van der Waals surface area contributed by atoms with Crippen LogP contribution >= 0.6 is 11.3 Å². The van der Waals surface area contributed by atoms with Crippen molar-refractivity contribution in [3.05, 3.63) is 11.4 Å². The van der Waals surface area contributed by atoms with Crippen molar-refractivity contribution in [3.8, 4) is 0 Å². The van der Waals surface area contributed by atoms with Crippen LogP contribution in [0.4, 0.5) is 11.8 Å². The maximum atomic E-state index is 4.58. The highest BCUT2D eigenvalue weighted by Crippen LogP contribution is 2.30. The number of hydrogen-bond donors (Lipinski definition) is 2. The highest BCUT2D eigenvalue weighted by molar-refractivity contribution is 7.16. The van der Waals surface area contributed by atoms with E-state index in [1.165, 1.54) is 25.7 Å². The Hall–Kier alpha value is -1.36. The molecule has 2 heterocycles. The number of anilines is 2. The van der Waals surface area contributed by atoms with E-state index in [4.69, 9.17) is 0 Å². The van der Waals surface area contributed by atoms with Gasteiger partial charge in [0.1, 0.15) is 10.6 Å². The lowest BCUT2D eigenvalue weighted by atomic mass is 9.83. The molecule has 0 bridgehead atoms. The third-order valence-electron chi connectivity index (χ3n) is 3.73. The van der Waals surface area contributed by atoms with Crippen molar-refractivity contribution >= 4 is 33.3 Å². The van der Waals surface area contributed by atoms with Gasteiger partial charge in [-0.1, -0.05) is 19.3 Å². The zero-order valence-electron chi connectivity index (χ0n) is 11.3. The van der Waals surface area contributed by atoms with Crippen molar-refractivity contribution in [2.75, 3.05) is 23.7 Å². The molecule has 3 rings (SSSR count). The summed E-state index contributed by atoms with van der Waals surface area (Å²) in [6.45, 7) is 3.92. The van der Waals surface area contributed by atoms with E-state index in [9.17, 15) is 0 Å². The van der Waals surface area contributed by atoms with Gasteiger partial charge in [-0.25, -0.2) is 4.98 Å². The standard InChI is InChI=1S/C14H20N4S/c1-2-15-14-17-12(11-7-9-19-13(11)18-14)16-8-6-10-4-3-5-10/h7,9-10H,2-6,8H2,1H3,(H2,15,16,17,18). The van der Waals surface area contributed by atoms with Gasteiger partial charge in [0.25, 0.3) is 0 Å². The van der Waals surface area contributed by atoms with Crippen LogP contribution < -0.4 is 10.6 Å². The van der Waals surface area contributed by atoms with Crippen molar-refractivity contribution in [2.45, 2.75) is 32.6 Å². The lowest BCUT2D eigenvalue weighted by molar-refractivity contribution is 0.303. The molecule has 0 saturated heterocycles. The molecule has 0 unspecified atom stereocenters. The first-order valence-corrected chi connectivity index (χ1v) is 7.97. The molecule has 0 spiro atoms. The largest absolute Gasteiger partial charge is 0.369 e. The van der Waals surface area contributed by atoms with E-state index in [0.29, 0.717) is 0 Å². The zero-order valence-corrected chi connectivity index (χ0v) is 12.1. The first kappa shape index (κ1) is 12.7. The molecule has 19 heavy (non-hydrogen) atoms. The lowest BCUT2D eigenvalue weighted by Gasteiger charge is -2.25. The van der Waals surface area contributed by atoms with Crippen LogP contribution in [0.25, 0.3) is 10.2 Å². The van der Waals surface area contributed by atoms with E-state index >= 15 is 0 Å². The topological polar surface area (TPSA) is 49.8 Å². The molecule has 4 nitrogen and oxygen atoms in total. The molecule has 0 atom stereocenters. The van der Waals surface area contributed by atoms with E-state index in [1.54, 1.807) is 11.3 Å². The van der Waals surface area contributed by atoms with E-state index < -0.39 is 0 Å². The van der Waals surface area contributed by atoms with Crippen LogP contribution in [0, 0.1) is 5.92 Å². The number of nitrogens with one attached hydrogen (secondary N) is 2. The maximum absolute atomic E-state index is 4.58. The summed E-state index contributed by atoms with van der Waals surface area (Å²) in [4.78, 5) is 10.1. The number of fused-ring (bicyclic) bond motifs is 1. The highest BCUT2D eigenvalue weighted by Gasteiger charge is 2.17. The smallest absolute Gasteiger partial charge is 0.226 e. The molecule has 102 valence electrons. The SMILES string of the molecule is CCNc1nc(NCCC2CCC2)c2ccsc2n1. The Morgan fingerprint density at radius 3 is 2.95 bits per heavy atom. The average Bonchev–Trinajstić information content (AvgIpc) is 2.80. The fourth-order valence-electron chi connectivity index (χ4n) is 2.40. The van der Waals surface area contributed by atoms with Gasteiger partial charge in [-0.05, 0) is 30.7 Å². The molecule has 2 N–H and O–H groups in total. The van der Waals surface area contributed by atoms with Crippen LogP contribution in [0.5, 0.6) is 0 Å². The van der Waals surface area contributed by atoms with Gasteiger partial charge < -0.3 is 10.6 Å². The molecule has 1 saturated carbocycles. The predicted molar refractivity (Wildman–Crippen MR) is 82.0 cm³/mol. The molecule has 0 aliphatic heterocycles. The van der Waals surface area contributed by atoms with Gasteiger partial charge in [0.05, 0.1) is 5.39 Å². The van der Waals surface area contributed by atoms with E-state index in [-0.39, 0.29) is 0 Å². The molecular weight excluding hydrogens is 256 g/mol. The number of rotatable bonds is 6. The quantitative estimate of drug-likeness (QED) is 0.844. The van der Waals surface area contributed by atoms with Crippen LogP contribution in [0.1, 0.15) is 32.6 Å². The monoisotopic (exact) mass is 276 g/mol. The minimum atomic E-state index is 0.726. The van der Waals surface area contributed by atoms with Gasteiger partial charge in [0.2, 0.25) is 5.95 Å². The summed E-state index contributed by atoms with van der Waals surface area (Å²) in [5.41, 5.74) is 0. The normalized spacial score (nSPS) is 15.4. The summed E-state index contributed by atoms with van der Waals surface area (Å²) in [5.74, 6) is 2.63. The second kappa shape index (κ2) is 5.74. The Morgan fingerprint density at radius 1 is 1.32 bits per heavy atom. The van der Waals surface area contributed by atoms with Crippen molar-refractivity contribution in [2.24, 2.45) is 5.92 Å². The molecule has 0 aromatic carbocycles. The predicted octanol–water partition coefficient (Wildman–Crippen LogP) is 3.73. The Morgan fingerprint density at radius 2 is 2.21 bits per heavy atom. The second-order valence-corrected chi connectivity index (χ2v) is 5.97. The summed E-state index contributed by atoms with van der Waals surface area (Å²) in [7, 11) is 0. The van der Waals surface area contributed by atoms with Crippen LogP contribution in [0.15, 0.2) is 11.4 Å². The van der Waals surface area contributed by atoms with Gasteiger partial charge in [-0.3, -0.25) is 0 Å². The zero-order chi connectivity index (χ0) is 13.1. The van der Waals surface area contributed by atoms with Crippen molar-refractivity contribution in [3.63, 3.8) is 0 Å². The summed E-state index contributed by atoms with van der Waals surface area (Å²) >= 11 is 1.67. The van der Waals surface area contributed by atoms with Crippen LogP contribution in [-0.2, 0) is 0 Å². The van der Waals surface area contributed by atoms with E-state index in [0.717, 1.165) is 41.0 Å². The Bertz CT molecular complexity index is 547. The first-order valence-electron chi connectivity index (χ1n) is 7.10. The average molecular weight is 276 g/mol. The minimum absolute atomic E-state index is 0.726. The Balaban J connectivity index is 1.73. The summed E-state index contributed by atoms with van der Waals surface area (Å²) in [6.07, 6.45) is 5.48. The van der Waals surface area contributed by atoms with Crippen LogP contribution in [-0.4, -0.2) is 23.1 Å². The van der Waals surface area contributed by atoms with Gasteiger partial charge in [0, 0.05) is 13.1 Å². The van der Waals surface area contributed by atoms with E-state index in [1.807, 2.05) is 0 Å². The van der Waals surface area contributed by atoms with Gasteiger partial charge >= 0.3 is 0 Å². The fourth-order valence-corrected chi connectivity index (χ4v) is 3.17. The third-order valence-corrected chi connectivity index (χ3v) is 4.54. The van der Waals surface area contributed by atoms with Gasteiger partial charge in [-0.2, -0.15) is 4.98 Å². The summed E-state index contributed by atoms with van der Waals surface area (Å²) in [5, 5.41) is 9.90. The van der Waals surface area contributed by atoms with Crippen LogP contribution in [0.2, 0.25) is 0 Å². The highest BCUT2D eigenvalue weighted by atomic mass is 32.1. The maximum Gasteiger partial charge on any atom is 0.226 e. The molecule has 1 aliphatic rings. The Kier molecular flexibility index (Phi) is 3.82. The first-order chi connectivity index (χ1) is 9.36. The molecular formula is C14H20N4S. The summed E-state index contributed by atoms with van der Waals surface area (Å²) in [6, 6.07) is 2.10. The minimum Gasteiger partial charge on any atom is -0.369 e. The third kappa shape index (κ3) is 2.81. The summed E-state index contributed by atoms with van der Waals surface area (Å²) < 4.78 is 0.